The van der Waals surface area contributed by atoms with E-state index in [1.807, 2.05) is 24.1 Å². The Hall–Kier alpha value is -2.54. The molecule has 1 saturated heterocycles. The highest BCUT2D eigenvalue weighted by Gasteiger charge is 2.39. The molecule has 2 aliphatic rings. The molecule has 3 heterocycles. The highest BCUT2D eigenvalue weighted by atomic mass is 16.3. The summed E-state index contributed by atoms with van der Waals surface area (Å²) in [5.74, 6) is 1.63. The van der Waals surface area contributed by atoms with Crippen LogP contribution in [0.1, 0.15) is 42.0 Å². The lowest BCUT2D eigenvalue weighted by Crippen LogP contribution is -2.58. The minimum atomic E-state index is -0.127. The van der Waals surface area contributed by atoms with Crippen molar-refractivity contribution in [2.75, 3.05) is 33.2 Å². The predicted octanol–water partition coefficient (Wildman–Crippen LogP) is 2.85. The van der Waals surface area contributed by atoms with Crippen molar-refractivity contribution in [1.29, 1.82) is 0 Å². The lowest BCUT2D eigenvalue weighted by Gasteiger charge is -2.41. The lowest BCUT2D eigenvalue weighted by atomic mass is 9.94. The van der Waals surface area contributed by atoms with Gasteiger partial charge in [-0.2, -0.15) is 0 Å². The first-order valence-electron chi connectivity index (χ1n) is 10.5. The van der Waals surface area contributed by atoms with E-state index in [0.29, 0.717) is 44.4 Å². The van der Waals surface area contributed by atoms with Crippen LogP contribution >= 0.6 is 0 Å². The fourth-order valence-electron chi connectivity index (χ4n) is 4.63. The molecule has 29 heavy (non-hydrogen) atoms. The van der Waals surface area contributed by atoms with Gasteiger partial charge in [-0.05, 0) is 43.0 Å². The van der Waals surface area contributed by atoms with Crippen LogP contribution in [0.3, 0.4) is 0 Å². The van der Waals surface area contributed by atoms with Crippen LogP contribution in [0.5, 0.6) is 0 Å². The van der Waals surface area contributed by atoms with Crippen molar-refractivity contribution in [2.45, 2.75) is 38.3 Å². The number of hydrogen-bond acceptors (Lipinski definition) is 5. The molecule has 2 aromatic rings. The summed E-state index contributed by atoms with van der Waals surface area (Å²) in [5, 5.41) is 0. The van der Waals surface area contributed by atoms with Crippen molar-refractivity contribution in [3.05, 3.63) is 48.3 Å². The Kier molecular flexibility index (Phi) is 6.04. The van der Waals surface area contributed by atoms with E-state index in [4.69, 9.17) is 8.83 Å². The van der Waals surface area contributed by atoms with Crippen LogP contribution in [-0.2, 0) is 11.3 Å². The maximum atomic E-state index is 13.4. The van der Waals surface area contributed by atoms with Gasteiger partial charge in [0, 0.05) is 33.2 Å². The van der Waals surface area contributed by atoms with E-state index in [2.05, 4.69) is 4.90 Å². The van der Waals surface area contributed by atoms with E-state index in [9.17, 15) is 9.59 Å². The minimum Gasteiger partial charge on any atom is -0.467 e. The van der Waals surface area contributed by atoms with Crippen LogP contribution in [0.15, 0.2) is 45.6 Å². The molecule has 2 amide bonds. The molecule has 0 radical (unpaired) electrons. The maximum Gasteiger partial charge on any atom is 0.289 e. The van der Waals surface area contributed by atoms with Gasteiger partial charge in [0.25, 0.3) is 5.91 Å². The molecule has 1 aliphatic carbocycles. The Morgan fingerprint density at radius 3 is 2.38 bits per heavy atom. The number of likely N-dealkylation sites (N-methyl/N-ethyl adjacent to an activating group) is 1. The molecule has 1 atom stereocenters. The van der Waals surface area contributed by atoms with Gasteiger partial charge in [-0.15, -0.1) is 0 Å². The second-order valence-corrected chi connectivity index (χ2v) is 8.07. The zero-order chi connectivity index (χ0) is 20.2. The molecule has 0 bridgehead atoms. The van der Waals surface area contributed by atoms with Gasteiger partial charge in [0.15, 0.2) is 5.76 Å². The van der Waals surface area contributed by atoms with Gasteiger partial charge < -0.3 is 18.6 Å². The monoisotopic (exact) mass is 399 g/mol. The number of piperazine rings is 1. The Morgan fingerprint density at radius 1 is 1.07 bits per heavy atom. The molecule has 1 saturated carbocycles. The molecule has 156 valence electrons. The van der Waals surface area contributed by atoms with Crippen molar-refractivity contribution in [3.8, 4) is 0 Å². The third kappa shape index (κ3) is 4.40. The summed E-state index contributed by atoms with van der Waals surface area (Å²) in [7, 11) is 1.85. The molecule has 0 spiro atoms. The van der Waals surface area contributed by atoms with Gasteiger partial charge in [-0.25, -0.2) is 0 Å². The summed E-state index contributed by atoms with van der Waals surface area (Å²) in [5.41, 5.74) is 0. The highest BCUT2D eigenvalue weighted by Crippen LogP contribution is 2.32. The summed E-state index contributed by atoms with van der Waals surface area (Å²) in [6.07, 6.45) is 7.72. The van der Waals surface area contributed by atoms with Crippen molar-refractivity contribution >= 4 is 11.8 Å². The third-order valence-corrected chi connectivity index (χ3v) is 6.18. The Labute approximate surface area is 171 Å². The van der Waals surface area contributed by atoms with E-state index in [1.165, 1.54) is 19.1 Å². The van der Waals surface area contributed by atoms with Crippen LogP contribution < -0.4 is 0 Å². The summed E-state index contributed by atoms with van der Waals surface area (Å²) in [6.45, 7) is 3.10. The molecule has 0 aromatic carbocycles. The summed E-state index contributed by atoms with van der Waals surface area (Å²) in [6, 6.07) is 7.04. The van der Waals surface area contributed by atoms with Gasteiger partial charge in [0.1, 0.15) is 5.76 Å². The van der Waals surface area contributed by atoms with Crippen molar-refractivity contribution < 1.29 is 18.4 Å². The number of amides is 2. The van der Waals surface area contributed by atoms with E-state index in [-0.39, 0.29) is 17.9 Å². The second kappa shape index (κ2) is 8.86. The van der Waals surface area contributed by atoms with Gasteiger partial charge in [-0.1, -0.05) is 12.8 Å². The number of hydrogen-bond donors (Lipinski definition) is 0. The maximum absolute atomic E-state index is 13.4. The van der Waals surface area contributed by atoms with E-state index in [0.717, 1.165) is 18.6 Å². The molecule has 0 N–H and O–H groups in total. The largest absolute Gasteiger partial charge is 0.467 e. The van der Waals surface area contributed by atoms with Crippen molar-refractivity contribution in [3.63, 3.8) is 0 Å². The normalized spacial score (nSPS) is 19.4. The average molecular weight is 399 g/mol. The van der Waals surface area contributed by atoms with E-state index >= 15 is 0 Å². The quantitative estimate of drug-likeness (QED) is 0.747. The van der Waals surface area contributed by atoms with Crippen LogP contribution in [0.2, 0.25) is 0 Å². The molecule has 7 nitrogen and oxygen atoms in total. The Balaban J connectivity index is 1.42. The van der Waals surface area contributed by atoms with Crippen LogP contribution in [0.4, 0.5) is 0 Å². The second-order valence-electron chi connectivity index (χ2n) is 8.07. The summed E-state index contributed by atoms with van der Waals surface area (Å²) < 4.78 is 10.7. The fourth-order valence-corrected chi connectivity index (χ4v) is 4.63. The third-order valence-electron chi connectivity index (χ3n) is 6.18. The first-order chi connectivity index (χ1) is 14.1. The van der Waals surface area contributed by atoms with Crippen molar-refractivity contribution in [2.24, 2.45) is 5.92 Å². The molecule has 7 heteroatoms. The minimum absolute atomic E-state index is 0.0756. The number of furan rings is 2. The number of nitrogens with zero attached hydrogens (tertiary/aromatic N) is 3. The molecule has 1 aliphatic heterocycles. The highest BCUT2D eigenvalue weighted by molar-refractivity contribution is 5.91. The molecule has 2 fully saturated rings. The summed E-state index contributed by atoms with van der Waals surface area (Å²) in [4.78, 5) is 31.8. The van der Waals surface area contributed by atoms with E-state index < -0.39 is 0 Å². The Morgan fingerprint density at radius 2 is 1.76 bits per heavy atom. The van der Waals surface area contributed by atoms with Crippen LogP contribution in [0.25, 0.3) is 0 Å². The molecule has 2 aromatic heterocycles. The predicted molar refractivity (Wildman–Crippen MR) is 107 cm³/mol. The fraction of sp³-hybridized carbons (Fsp3) is 0.545. The van der Waals surface area contributed by atoms with Crippen LogP contribution in [-0.4, -0.2) is 65.8 Å². The smallest absolute Gasteiger partial charge is 0.289 e. The van der Waals surface area contributed by atoms with E-state index in [1.54, 1.807) is 23.3 Å². The van der Waals surface area contributed by atoms with Gasteiger partial charge >= 0.3 is 0 Å². The molecular formula is C22H29N3O4. The standard InChI is InChI=1S/C22H29N3O4/c1-23(16-18-8-4-14-28-18)22(27)20(17-6-2-3-7-17)24-10-12-25(13-11-24)21(26)19-9-5-15-29-19/h4-5,8-9,14-15,17,20H,2-3,6-7,10-13,16H2,1H3. The topological polar surface area (TPSA) is 70.1 Å². The van der Waals surface area contributed by atoms with Gasteiger partial charge in [0.2, 0.25) is 5.91 Å². The molecule has 1 unspecified atom stereocenters. The summed E-state index contributed by atoms with van der Waals surface area (Å²) >= 11 is 0. The zero-order valence-electron chi connectivity index (χ0n) is 17.0. The van der Waals surface area contributed by atoms with Gasteiger partial charge in [-0.3, -0.25) is 14.5 Å². The lowest BCUT2D eigenvalue weighted by molar-refractivity contribution is -0.139. The molecular weight excluding hydrogens is 370 g/mol. The number of carbonyl (C=O) groups is 2. The first kappa shape index (κ1) is 19.8. The SMILES string of the molecule is CN(Cc1ccco1)C(=O)C(C1CCCC1)N1CCN(C(=O)c2ccco2)CC1. The number of rotatable bonds is 6. The zero-order valence-corrected chi connectivity index (χ0v) is 17.0. The van der Waals surface area contributed by atoms with Crippen molar-refractivity contribution in [1.82, 2.24) is 14.7 Å². The average Bonchev–Trinajstić information content (AvgIpc) is 3.51. The molecule has 4 rings (SSSR count). The Bertz CT molecular complexity index is 788. The first-order valence-corrected chi connectivity index (χ1v) is 10.5. The number of carbonyl (C=O) groups excluding carboxylic acids is 2. The van der Waals surface area contributed by atoms with Gasteiger partial charge in [0.05, 0.1) is 25.1 Å². The van der Waals surface area contributed by atoms with Crippen LogP contribution in [0, 0.1) is 5.92 Å².